The summed E-state index contributed by atoms with van der Waals surface area (Å²) in [6.45, 7) is 8.54. The molecule has 3 aromatic rings. The van der Waals surface area contributed by atoms with E-state index in [0.717, 1.165) is 36.1 Å². The van der Waals surface area contributed by atoms with Gasteiger partial charge in [-0.2, -0.15) is 0 Å². The van der Waals surface area contributed by atoms with E-state index < -0.39 is 23.4 Å². The molecular formula is C37H43ClF3N7O4. The standard InChI is InChI=1S/C37H43ClF3N7O4/c1-22-15-30(46(4)20-22)33-43-19-29(44-33)24-7-5-23(6-8-24)26-16-27(38)28(17-31(26)52-37(39,40)41)45-34(50)25-9-10-32(42-18-25)47-11-13-48(14-12-47)35(51)36(2,3)21-49/h5-9,16-19,22,30,32,49H,10-15,20-21H2,1-4H3,(H,43,44)(H,45,50). The molecule has 1 aromatic heterocycles. The minimum Gasteiger partial charge on any atom is -0.405 e. The van der Waals surface area contributed by atoms with Crippen LogP contribution in [0.5, 0.6) is 5.75 Å². The molecule has 0 spiro atoms. The van der Waals surface area contributed by atoms with E-state index in [9.17, 15) is 27.9 Å². The maximum absolute atomic E-state index is 13.6. The molecule has 2 saturated heterocycles. The highest BCUT2D eigenvalue weighted by molar-refractivity contribution is 6.34. The molecule has 0 aliphatic carbocycles. The Morgan fingerprint density at radius 2 is 1.79 bits per heavy atom. The number of hydrogen-bond donors (Lipinski definition) is 3. The molecule has 0 saturated carbocycles. The number of nitrogens with one attached hydrogen (secondary N) is 2. The zero-order chi connectivity index (χ0) is 37.4. The molecule has 0 bridgehead atoms. The predicted molar refractivity (Wildman–Crippen MR) is 193 cm³/mol. The number of aliphatic imine (C=N–C) groups is 1. The zero-order valence-electron chi connectivity index (χ0n) is 29.5. The number of piperazine rings is 1. The summed E-state index contributed by atoms with van der Waals surface area (Å²) in [4.78, 5) is 44.6. The topological polar surface area (TPSA) is 126 Å². The molecule has 2 aromatic carbocycles. The summed E-state index contributed by atoms with van der Waals surface area (Å²) in [6.07, 6.45) is 1.18. The Kier molecular flexibility index (Phi) is 10.8. The maximum atomic E-state index is 13.6. The number of dihydropyridines is 1. The van der Waals surface area contributed by atoms with Crippen molar-refractivity contribution >= 4 is 35.3 Å². The van der Waals surface area contributed by atoms with Gasteiger partial charge in [0.2, 0.25) is 5.91 Å². The van der Waals surface area contributed by atoms with Crippen LogP contribution in [0.1, 0.15) is 45.5 Å². The van der Waals surface area contributed by atoms with Gasteiger partial charge >= 0.3 is 6.36 Å². The van der Waals surface area contributed by atoms with Crippen LogP contribution in [-0.2, 0) is 9.59 Å². The molecule has 4 heterocycles. The third-order valence-corrected chi connectivity index (χ3v) is 10.2. The quantitative estimate of drug-likeness (QED) is 0.241. The predicted octanol–water partition coefficient (Wildman–Crippen LogP) is 6.14. The summed E-state index contributed by atoms with van der Waals surface area (Å²) in [7, 11) is 2.07. The molecule has 3 aliphatic heterocycles. The fourth-order valence-electron chi connectivity index (χ4n) is 6.95. The Bertz CT molecular complexity index is 1850. The Labute approximate surface area is 305 Å². The maximum Gasteiger partial charge on any atom is 0.573 e. The number of carbonyl (C=O) groups is 2. The average molecular weight is 742 g/mol. The van der Waals surface area contributed by atoms with Gasteiger partial charge in [0.25, 0.3) is 5.91 Å². The number of aromatic amines is 1. The van der Waals surface area contributed by atoms with Crippen LogP contribution in [-0.4, -0.2) is 107 Å². The van der Waals surface area contributed by atoms with Gasteiger partial charge in [-0.3, -0.25) is 24.4 Å². The Morgan fingerprint density at radius 1 is 1.10 bits per heavy atom. The van der Waals surface area contributed by atoms with Crippen LogP contribution in [0.3, 0.4) is 0 Å². The number of H-pyrrole nitrogens is 1. The van der Waals surface area contributed by atoms with Gasteiger partial charge in [-0.25, -0.2) is 4.98 Å². The Morgan fingerprint density at radius 3 is 2.38 bits per heavy atom. The molecule has 15 heteroatoms. The number of benzene rings is 2. The third kappa shape index (κ3) is 8.35. The molecular weight excluding hydrogens is 699 g/mol. The van der Waals surface area contributed by atoms with Crippen molar-refractivity contribution in [3.63, 3.8) is 0 Å². The van der Waals surface area contributed by atoms with E-state index in [-0.39, 0.29) is 46.6 Å². The average Bonchev–Trinajstić information content (AvgIpc) is 3.74. The van der Waals surface area contributed by atoms with Gasteiger partial charge < -0.3 is 25.0 Å². The number of halogens is 4. The van der Waals surface area contributed by atoms with Crippen LogP contribution < -0.4 is 10.1 Å². The summed E-state index contributed by atoms with van der Waals surface area (Å²) >= 11 is 6.54. The number of ether oxygens (including phenoxy) is 1. The fourth-order valence-corrected chi connectivity index (χ4v) is 7.17. The van der Waals surface area contributed by atoms with E-state index in [1.165, 1.54) is 12.3 Å². The van der Waals surface area contributed by atoms with Crippen LogP contribution in [0.2, 0.25) is 5.02 Å². The molecule has 11 nitrogen and oxygen atoms in total. The van der Waals surface area contributed by atoms with Gasteiger partial charge in [-0.15, -0.1) is 13.2 Å². The number of imidazole rings is 1. The zero-order valence-corrected chi connectivity index (χ0v) is 30.3. The third-order valence-electron chi connectivity index (χ3n) is 9.90. The van der Waals surface area contributed by atoms with Crippen LogP contribution in [0, 0.1) is 11.3 Å². The van der Waals surface area contributed by atoms with Crippen molar-refractivity contribution in [2.45, 2.75) is 52.2 Å². The van der Waals surface area contributed by atoms with Crippen molar-refractivity contribution in [1.29, 1.82) is 0 Å². The highest BCUT2D eigenvalue weighted by Gasteiger charge is 2.35. The van der Waals surface area contributed by atoms with E-state index in [0.29, 0.717) is 44.1 Å². The molecule has 0 radical (unpaired) electrons. The van der Waals surface area contributed by atoms with Crippen LogP contribution >= 0.6 is 11.6 Å². The van der Waals surface area contributed by atoms with Crippen molar-refractivity contribution in [1.82, 2.24) is 24.7 Å². The lowest BCUT2D eigenvalue weighted by atomic mass is 9.92. The second-order valence-corrected chi connectivity index (χ2v) is 14.8. The monoisotopic (exact) mass is 741 g/mol. The summed E-state index contributed by atoms with van der Waals surface area (Å²) < 4.78 is 45.2. The van der Waals surface area contributed by atoms with E-state index in [1.807, 2.05) is 6.20 Å². The molecule has 3 unspecified atom stereocenters. The lowest BCUT2D eigenvalue weighted by Gasteiger charge is -2.40. The van der Waals surface area contributed by atoms with Gasteiger partial charge in [0, 0.05) is 68.7 Å². The lowest BCUT2D eigenvalue weighted by Crippen LogP contribution is -2.54. The van der Waals surface area contributed by atoms with E-state index in [1.54, 1.807) is 49.1 Å². The number of carbonyl (C=O) groups excluding carboxylic acids is 2. The summed E-state index contributed by atoms with van der Waals surface area (Å²) in [5.41, 5.74) is 1.38. The van der Waals surface area contributed by atoms with E-state index in [2.05, 4.69) is 43.8 Å². The second-order valence-electron chi connectivity index (χ2n) is 14.4. The van der Waals surface area contributed by atoms with E-state index in [4.69, 9.17) is 16.6 Å². The smallest absolute Gasteiger partial charge is 0.405 e. The van der Waals surface area contributed by atoms with Gasteiger partial charge in [0.15, 0.2) is 0 Å². The minimum absolute atomic E-state index is 0.0248. The molecule has 6 rings (SSSR count). The lowest BCUT2D eigenvalue weighted by molar-refractivity contribution is -0.274. The molecule has 3 atom stereocenters. The van der Waals surface area contributed by atoms with Gasteiger partial charge in [0.05, 0.1) is 40.0 Å². The number of anilines is 1. The number of hydrogen-bond acceptors (Lipinski definition) is 8. The number of amides is 2. The van der Waals surface area contributed by atoms with Crippen molar-refractivity contribution in [3.05, 3.63) is 65.1 Å². The van der Waals surface area contributed by atoms with Crippen molar-refractivity contribution in [2.24, 2.45) is 16.3 Å². The second kappa shape index (κ2) is 15.0. The first kappa shape index (κ1) is 37.5. The minimum atomic E-state index is -5.00. The highest BCUT2D eigenvalue weighted by atomic mass is 35.5. The Hall–Kier alpha value is -4.24. The molecule has 3 N–H and O–H groups in total. The summed E-state index contributed by atoms with van der Waals surface area (Å²) in [5, 5.41) is 12.2. The first-order chi connectivity index (χ1) is 24.6. The SMILES string of the molecule is CC1CC(c2nc(-c3ccc(-c4cc(Cl)c(NC(=O)C5=CCC(N6CCN(C(=O)C(C)(C)CO)CC6)N=C5)cc4OC(F)(F)F)cc3)c[nH]2)N(C)C1. The molecule has 3 aliphatic rings. The largest absolute Gasteiger partial charge is 0.573 e. The van der Waals surface area contributed by atoms with Gasteiger partial charge in [0.1, 0.15) is 17.7 Å². The normalized spacial score (nSPS) is 21.7. The van der Waals surface area contributed by atoms with Crippen molar-refractivity contribution in [3.8, 4) is 28.1 Å². The molecule has 2 fully saturated rings. The number of likely N-dealkylation sites (tertiary alicyclic amines) is 1. The van der Waals surface area contributed by atoms with Crippen LogP contribution in [0.15, 0.2) is 59.2 Å². The number of aliphatic hydroxyl groups excluding tert-OH is 1. The fraction of sp³-hybridized carbons (Fsp3) is 0.459. The van der Waals surface area contributed by atoms with Gasteiger partial charge in [-0.05, 0) is 44.9 Å². The summed E-state index contributed by atoms with van der Waals surface area (Å²) in [6, 6.07) is 9.50. The van der Waals surface area contributed by atoms with Gasteiger partial charge in [-0.1, -0.05) is 48.9 Å². The van der Waals surface area contributed by atoms with Crippen LogP contribution in [0.4, 0.5) is 18.9 Å². The number of nitrogens with zero attached hydrogens (tertiary/aromatic N) is 5. The van der Waals surface area contributed by atoms with Crippen molar-refractivity contribution in [2.75, 3.05) is 51.7 Å². The number of alkyl halides is 3. The first-order valence-electron chi connectivity index (χ1n) is 17.3. The van der Waals surface area contributed by atoms with Crippen LogP contribution in [0.25, 0.3) is 22.4 Å². The number of rotatable bonds is 9. The number of aliphatic hydroxyl groups is 1. The van der Waals surface area contributed by atoms with Crippen molar-refractivity contribution < 1.29 is 32.6 Å². The van der Waals surface area contributed by atoms with E-state index >= 15 is 0 Å². The summed E-state index contributed by atoms with van der Waals surface area (Å²) in [5.74, 6) is 0.233. The Balaban J connectivity index is 1.12. The molecule has 52 heavy (non-hydrogen) atoms. The highest BCUT2D eigenvalue weighted by Crippen LogP contribution is 2.41. The number of aromatic nitrogens is 2. The molecule has 278 valence electrons. The molecule has 2 amide bonds. The first-order valence-corrected chi connectivity index (χ1v) is 17.6.